The summed E-state index contributed by atoms with van der Waals surface area (Å²) in [6, 6.07) is 3.21. The molecular formula is C15H18N6O2. The number of anilines is 1. The van der Waals surface area contributed by atoms with E-state index in [4.69, 9.17) is 4.74 Å². The van der Waals surface area contributed by atoms with Gasteiger partial charge in [0.2, 0.25) is 5.95 Å². The summed E-state index contributed by atoms with van der Waals surface area (Å²) in [7, 11) is 0. The molecule has 0 fully saturated rings. The van der Waals surface area contributed by atoms with Gasteiger partial charge in [-0.3, -0.25) is 4.98 Å². The molecule has 1 aliphatic heterocycles. The molecule has 0 aliphatic carbocycles. The van der Waals surface area contributed by atoms with Crippen LogP contribution in [-0.2, 0) is 9.53 Å². The van der Waals surface area contributed by atoms with Crippen molar-refractivity contribution in [3.05, 3.63) is 41.4 Å². The first-order valence-corrected chi connectivity index (χ1v) is 7.26. The molecule has 0 unspecified atom stereocenters. The van der Waals surface area contributed by atoms with Crippen molar-refractivity contribution in [2.45, 2.75) is 39.3 Å². The Morgan fingerprint density at radius 1 is 1.39 bits per heavy atom. The van der Waals surface area contributed by atoms with Crippen LogP contribution in [0.25, 0.3) is 0 Å². The molecule has 8 heteroatoms. The van der Waals surface area contributed by atoms with Crippen LogP contribution in [0.3, 0.4) is 0 Å². The highest BCUT2D eigenvalue weighted by molar-refractivity contribution is 5.92. The molecule has 0 spiro atoms. The molecule has 1 aliphatic rings. The number of rotatable bonds is 2. The molecule has 1 N–H and O–H groups in total. The number of nitrogens with one attached hydrogen (secondary N) is 1. The number of allylic oxidation sites excluding steroid dienone is 1. The number of tetrazole rings is 1. The lowest BCUT2D eigenvalue weighted by atomic mass is 9.97. The van der Waals surface area contributed by atoms with Crippen molar-refractivity contribution in [2.75, 3.05) is 5.32 Å². The smallest absolute Gasteiger partial charge is 0.338 e. The minimum Gasteiger partial charge on any atom is -0.456 e. The normalized spacial score (nSPS) is 17.5. The fourth-order valence-electron chi connectivity index (χ4n) is 2.46. The molecule has 1 atom stereocenters. The number of ether oxygens (including phenoxy) is 1. The SMILES string of the molecule is CC1=C(C(=O)OC(C)(C)C)[C@H](c2cccnc2)n2nnnc2N1. The summed E-state index contributed by atoms with van der Waals surface area (Å²) in [6.45, 7) is 7.30. The second-order valence-corrected chi connectivity index (χ2v) is 6.30. The van der Waals surface area contributed by atoms with Gasteiger partial charge in [-0.25, -0.2) is 4.79 Å². The van der Waals surface area contributed by atoms with E-state index in [0.717, 1.165) is 5.56 Å². The molecule has 2 aromatic rings. The maximum atomic E-state index is 12.7. The van der Waals surface area contributed by atoms with Gasteiger partial charge in [0, 0.05) is 18.1 Å². The van der Waals surface area contributed by atoms with Crippen LogP contribution >= 0.6 is 0 Å². The van der Waals surface area contributed by atoms with Crippen LogP contribution in [0.15, 0.2) is 35.8 Å². The van der Waals surface area contributed by atoms with E-state index < -0.39 is 17.6 Å². The zero-order chi connectivity index (χ0) is 16.6. The summed E-state index contributed by atoms with van der Waals surface area (Å²) in [5, 5.41) is 14.7. The van der Waals surface area contributed by atoms with E-state index in [-0.39, 0.29) is 0 Å². The Balaban J connectivity index is 2.09. The minimum atomic E-state index is -0.593. The first-order valence-electron chi connectivity index (χ1n) is 7.26. The predicted molar refractivity (Wildman–Crippen MR) is 82.4 cm³/mol. The summed E-state index contributed by atoms with van der Waals surface area (Å²) < 4.78 is 7.11. The highest BCUT2D eigenvalue weighted by atomic mass is 16.6. The van der Waals surface area contributed by atoms with Crippen molar-refractivity contribution in [1.29, 1.82) is 0 Å². The van der Waals surface area contributed by atoms with Crippen molar-refractivity contribution in [3.63, 3.8) is 0 Å². The third-order valence-electron chi connectivity index (χ3n) is 3.33. The van der Waals surface area contributed by atoms with Crippen LogP contribution in [0.5, 0.6) is 0 Å². The Labute approximate surface area is 133 Å². The van der Waals surface area contributed by atoms with Crippen LogP contribution in [-0.4, -0.2) is 36.8 Å². The number of carbonyl (C=O) groups excluding carboxylic acids is 1. The molecule has 2 aromatic heterocycles. The number of hydrogen-bond acceptors (Lipinski definition) is 7. The molecule has 0 saturated heterocycles. The molecule has 0 bridgehead atoms. The van der Waals surface area contributed by atoms with Gasteiger partial charge in [-0.15, -0.1) is 0 Å². The molecule has 0 amide bonds. The number of fused-ring (bicyclic) bond motifs is 1. The quantitative estimate of drug-likeness (QED) is 0.843. The van der Waals surface area contributed by atoms with Crippen LogP contribution in [0.2, 0.25) is 0 Å². The van der Waals surface area contributed by atoms with E-state index in [1.165, 1.54) is 0 Å². The van der Waals surface area contributed by atoms with E-state index in [1.807, 2.05) is 32.9 Å². The van der Waals surface area contributed by atoms with Crippen molar-refractivity contribution in [2.24, 2.45) is 0 Å². The number of aromatic nitrogens is 5. The molecular weight excluding hydrogens is 296 g/mol. The van der Waals surface area contributed by atoms with E-state index >= 15 is 0 Å². The lowest BCUT2D eigenvalue weighted by Gasteiger charge is -2.29. The average Bonchev–Trinajstić information content (AvgIpc) is 2.92. The molecule has 3 heterocycles. The Morgan fingerprint density at radius 3 is 2.83 bits per heavy atom. The third-order valence-corrected chi connectivity index (χ3v) is 3.33. The van der Waals surface area contributed by atoms with Crippen LogP contribution in [0.4, 0.5) is 5.95 Å². The van der Waals surface area contributed by atoms with Crippen molar-refractivity contribution in [3.8, 4) is 0 Å². The second kappa shape index (κ2) is 5.45. The molecule has 3 rings (SSSR count). The fourth-order valence-corrected chi connectivity index (χ4v) is 2.46. The number of nitrogens with zero attached hydrogens (tertiary/aromatic N) is 5. The largest absolute Gasteiger partial charge is 0.456 e. The first kappa shape index (κ1) is 15.1. The molecule has 0 aromatic carbocycles. The van der Waals surface area contributed by atoms with Crippen LogP contribution in [0.1, 0.15) is 39.3 Å². The Bertz CT molecular complexity index is 760. The Kier molecular flexibility index (Phi) is 3.59. The summed E-state index contributed by atoms with van der Waals surface area (Å²) in [5.74, 6) is 0.0705. The lowest BCUT2D eigenvalue weighted by Crippen LogP contribution is -2.33. The van der Waals surface area contributed by atoms with Gasteiger partial charge >= 0.3 is 5.97 Å². The highest BCUT2D eigenvalue weighted by Gasteiger charge is 2.36. The Hall–Kier alpha value is -2.77. The minimum absolute atomic E-state index is 0.405. The number of pyridine rings is 1. The van der Waals surface area contributed by atoms with Gasteiger partial charge in [0.25, 0.3) is 0 Å². The zero-order valence-electron chi connectivity index (χ0n) is 13.4. The topological polar surface area (TPSA) is 94.8 Å². The lowest BCUT2D eigenvalue weighted by molar-refractivity contribution is -0.150. The monoisotopic (exact) mass is 314 g/mol. The van der Waals surface area contributed by atoms with Gasteiger partial charge in [0.15, 0.2) is 0 Å². The summed E-state index contributed by atoms with van der Waals surface area (Å²) in [6.07, 6.45) is 3.37. The van der Waals surface area contributed by atoms with E-state index in [1.54, 1.807) is 24.0 Å². The maximum Gasteiger partial charge on any atom is 0.338 e. The fraction of sp³-hybridized carbons (Fsp3) is 0.400. The molecule has 0 radical (unpaired) electrons. The molecule has 23 heavy (non-hydrogen) atoms. The second-order valence-electron chi connectivity index (χ2n) is 6.30. The first-order chi connectivity index (χ1) is 10.9. The number of carbonyl (C=O) groups is 1. The molecule has 120 valence electrons. The highest BCUT2D eigenvalue weighted by Crippen LogP contribution is 2.35. The molecule has 0 saturated carbocycles. The van der Waals surface area contributed by atoms with Gasteiger partial charge < -0.3 is 10.1 Å². The number of hydrogen-bond donors (Lipinski definition) is 1. The number of esters is 1. The van der Waals surface area contributed by atoms with Gasteiger partial charge in [0.05, 0.1) is 5.57 Å². The maximum absolute atomic E-state index is 12.7. The molecule has 8 nitrogen and oxygen atoms in total. The van der Waals surface area contributed by atoms with Crippen LogP contribution < -0.4 is 5.32 Å². The van der Waals surface area contributed by atoms with Crippen molar-refractivity contribution < 1.29 is 9.53 Å². The van der Waals surface area contributed by atoms with Crippen molar-refractivity contribution in [1.82, 2.24) is 25.2 Å². The van der Waals surface area contributed by atoms with Gasteiger partial charge in [-0.2, -0.15) is 4.68 Å². The van der Waals surface area contributed by atoms with E-state index in [0.29, 0.717) is 17.2 Å². The third kappa shape index (κ3) is 2.92. The van der Waals surface area contributed by atoms with E-state index in [9.17, 15) is 4.79 Å². The zero-order valence-corrected chi connectivity index (χ0v) is 13.4. The summed E-state index contributed by atoms with van der Waals surface area (Å²) in [4.78, 5) is 16.9. The summed E-state index contributed by atoms with van der Waals surface area (Å²) >= 11 is 0. The van der Waals surface area contributed by atoms with Gasteiger partial charge in [0.1, 0.15) is 11.6 Å². The Morgan fingerprint density at radius 2 is 2.17 bits per heavy atom. The average molecular weight is 314 g/mol. The van der Waals surface area contributed by atoms with Gasteiger partial charge in [-0.05, 0) is 49.8 Å². The van der Waals surface area contributed by atoms with Gasteiger partial charge in [-0.1, -0.05) is 11.2 Å². The van der Waals surface area contributed by atoms with Crippen LogP contribution in [0, 0.1) is 0 Å². The standard InChI is InChI=1S/C15H18N6O2/c1-9-11(13(22)23-15(2,3)4)12(10-6-5-7-16-8-10)21-14(17-9)18-19-20-21/h5-8,12H,1-4H3,(H,17,18,20)/t12-/m0/s1. The van der Waals surface area contributed by atoms with E-state index in [2.05, 4.69) is 25.8 Å². The predicted octanol–water partition coefficient (Wildman–Crippen LogP) is 1.70. The summed E-state index contributed by atoms with van der Waals surface area (Å²) in [5.41, 5.74) is 1.34. The van der Waals surface area contributed by atoms with Crippen molar-refractivity contribution >= 4 is 11.9 Å².